The van der Waals surface area contributed by atoms with Crippen molar-refractivity contribution >= 4 is 33.0 Å². The molecule has 160 valence electrons. The maximum Gasteiger partial charge on any atom is 0.282 e. The summed E-state index contributed by atoms with van der Waals surface area (Å²) in [7, 11) is 0. The first-order valence-electron chi connectivity index (χ1n) is 9.91. The molecule has 0 spiro atoms. The van der Waals surface area contributed by atoms with Gasteiger partial charge in [0.1, 0.15) is 18.2 Å². The summed E-state index contributed by atoms with van der Waals surface area (Å²) in [4.78, 5) is 17.4. The Bertz CT molecular complexity index is 1410. The summed E-state index contributed by atoms with van der Waals surface area (Å²) in [6.45, 7) is 2.39. The van der Waals surface area contributed by atoms with Crippen molar-refractivity contribution in [2.75, 3.05) is 6.79 Å². The first-order chi connectivity index (χ1) is 15.6. The van der Waals surface area contributed by atoms with Gasteiger partial charge in [0, 0.05) is 4.47 Å². The van der Waals surface area contributed by atoms with Crippen molar-refractivity contribution in [3.63, 3.8) is 0 Å². The van der Waals surface area contributed by atoms with E-state index in [1.165, 1.54) is 4.68 Å². The Hall–Kier alpha value is -3.65. The molecule has 0 unspecified atom stereocenters. The highest BCUT2D eigenvalue weighted by Crippen LogP contribution is 2.32. The van der Waals surface area contributed by atoms with Crippen molar-refractivity contribution in [3.05, 3.63) is 92.4 Å². The minimum atomic E-state index is -0.222. The molecule has 0 N–H and O–H groups in total. The molecule has 0 saturated heterocycles. The molecule has 2 heterocycles. The maximum atomic E-state index is 12.9. The van der Waals surface area contributed by atoms with Crippen LogP contribution in [0.3, 0.4) is 0 Å². The molecule has 0 saturated carbocycles. The van der Waals surface area contributed by atoms with Crippen molar-refractivity contribution in [3.8, 4) is 17.2 Å². The van der Waals surface area contributed by atoms with E-state index in [4.69, 9.17) is 14.2 Å². The summed E-state index contributed by atoms with van der Waals surface area (Å²) in [5.74, 6) is 2.67. The molecule has 3 aromatic carbocycles. The smallest absolute Gasteiger partial charge is 0.282 e. The summed E-state index contributed by atoms with van der Waals surface area (Å²) in [6, 6.07) is 18.6. The molecule has 5 rings (SSSR count). The minimum absolute atomic E-state index is 0.222. The number of ether oxygens (including phenoxy) is 3. The Balaban J connectivity index is 1.35. The van der Waals surface area contributed by atoms with Gasteiger partial charge in [-0.15, -0.1) is 0 Å². The van der Waals surface area contributed by atoms with Crippen LogP contribution in [0.5, 0.6) is 17.2 Å². The van der Waals surface area contributed by atoms with Crippen molar-refractivity contribution in [2.24, 2.45) is 5.10 Å². The second kappa shape index (κ2) is 8.47. The third kappa shape index (κ3) is 4.09. The monoisotopic (exact) mass is 491 g/mol. The Morgan fingerprint density at radius 2 is 2.00 bits per heavy atom. The van der Waals surface area contributed by atoms with Crippen molar-refractivity contribution in [1.82, 2.24) is 9.66 Å². The number of benzene rings is 3. The molecule has 0 fully saturated rings. The van der Waals surface area contributed by atoms with Gasteiger partial charge in [0.25, 0.3) is 5.56 Å². The Kier molecular flexibility index (Phi) is 5.36. The topological polar surface area (TPSA) is 74.9 Å². The van der Waals surface area contributed by atoms with Gasteiger partial charge in [-0.1, -0.05) is 34.1 Å². The van der Waals surface area contributed by atoms with E-state index in [1.807, 2.05) is 54.6 Å². The predicted molar refractivity (Wildman–Crippen MR) is 125 cm³/mol. The fourth-order valence-corrected chi connectivity index (χ4v) is 3.76. The van der Waals surface area contributed by atoms with Crippen molar-refractivity contribution < 1.29 is 14.2 Å². The molecule has 0 bridgehead atoms. The Morgan fingerprint density at radius 1 is 1.12 bits per heavy atom. The van der Waals surface area contributed by atoms with E-state index in [1.54, 1.807) is 19.2 Å². The Labute approximate surface area is 192 Å². The summed E-state index contributed by atoms with van der Waals surface area (Å²) < 4.78 is 18.8. The first kappa shape index (κ1) is 20.3. The van der Waals surface area contributed by atoms with Gasteiger partial charge >= 0.3 is 0 Å². The molecule has 1 aliphatic heterocycles. The van der Waals surface area contributed by atoms with Crippen LogP contribution in [0.15, 0.2) is 75.0 Å². The first-order valence-corrected chi connectivity index (χ1v) is 10.7. The number of fused-ring (bicyclic) bond motifs is 2. The summed E-state index contributed by atoms with van der Waals surface area (Å²) in [6.07, 6.45) is 1.62. The van der Waals surface area contributed by atoms with Crippen LogP contribution in [0.1, 0.15) is 17.0 Å². The number of hydrogen-bond donors (Lipinski definition) is 0. The number of halogens is 1. The standard InChI is InChI=1S/C24H18BrN3O4/c1-15-27-21-7-6-18(25)11-20(21)24(29)28(15)26-12-16-3-2-4-19(9-16)30-13-17-5-8-22-23(10-17)32-14-31-22/h2-12H,13-14H2,1H3. The lowest BCUT2D eigenvalue weighted by Crippen LogP contribution is -2.20. The van der Waals surface area contributed by atoms with Crippen LogP contribution in [0, 0.1) is 6.92 Å². The lowest BCUT2D eigenvalue weighted by atomic mass is 10.2. The molecule has 8 heteroatoms. The van der Waals surface area contributed by atoms with E-state index in [2.05, 4.69) is 26.0 Å². The normalized spacial score (nSPS) is 12.6. The molecular weight excluding hydrogens is 474 g/mol. The van der Waals surface area contributed by atoms with Crippen LogP contribution in [-0.2, 0) is 6.61 Å². The van der Waals surface area contributed by atoms with Crippen LogP contribution in [0.4, 0.5) is 0 Å². The van der Waals surface area contributed by atoms with Gasteiger partial charge in [-0.3, -0.25) is 4.79 Å². The van der Waals surface area contributed by atoms with Crippen molar-refractivity contribution in [2.45, 2.75) is 13.5 Å². The summed E-state index contributed by atoms with van der Waals surface area (Å²) in [5.41, 5.74) is 2.19. The third-order valence-electron chi connectivity index (χ3n) is 4.99. The van der Waals surface area contributed by atoms with Crippen LogP contribution >= 0.6 is 15.9 Å². The predicted octanol–water partition coefficient (Wildman–Crippen LogP) is 4.66. The molecule has 7 nitrogen and oxygen atoms in total. The molecule has 32 heavy (non-hydrogen) atoms. The zero-order valence-electron chi connectivity index (χ0n) is 17.1. The fraction of sp³-hybridized carbons (Fsp3) is 0.125. The molecule has 0 radical (unpaired) electrons. The quantitative estimate of drug-likeness (QED) is 0.379. The third-order valence-corrected chi connectivity index (χ3v) is 5.49. The van der Waals surface area contributed by atoms with E-state index < -0.39 is 0 Å². The van der Waals surface area contributed by atoms with Crippen molar-refractivity contribution in [1.29, 1.82) is 0 Å². The van der Waals surface area contributed by atoms with Gasteiger partial charge < -0.3 is 14.2 Å². The van der Waals surface area contributed by atoms with Gasteiger partial charge in [0.15, 0.2) is 11.5 Å². The van der Waals surface area contributed by atoms with Gasteiger partial charge in [0.05, 0.1) is 17.1 Å². The minimum Gasteiger partial charge on any atom is -0.489 e. The number of aromatic nitrogens is 2. The van der Waals surface area contributed by atoms with Gasteiger partial charge in [-0.05, 0) is 60.5 Å². The average molecular weight is 492 g/mol. The van der Waals surface area contributed by atoms with Crippen LogP contribution in [0.2, 0.25) is 0 Å². The molecule has 1 aliphatic rings. The highest BCUT2D eigenvalue weighted by atomic mass is 79.9. The highest BCUT2D eigenvalue weighted by Gasteiger charge is 2.13. The second-order valence-corrected chi connectivity index (χ2v) is 8.15. The molecule has 0 atom stereocenters. The molecule has 4 aromatic rings. The number of nitrogens with zero attached hydrogens (tertiary/aromatic N) is 3. The van der Waals surface area contributed by atoms with Crippen LogP contribution in [0.25, 0.3) is 10.9 Å². The number of hydrogen-bond acceptors (Lipinski definition) is 6. The van der Waals surface area contributed by atoms with Gasteiger partial charge in [-0.2, -0.15) is 9.78 Å². The molecule has 0 amide bonds. The largest absolute Gasteiger partial charge is 0.489 e. The molecule has 1 aromatic heterocycles. The molecule has 0 aliphatic carbocycles. The highest BCUT2D eigenvalue weighted by molar-refractivity contribution is 9.10. The average Bonchev–Trinajstić information content (AvgIpc) is 3.26. The summed E-state index contributed by atoms with van der Waals surface area (Å²) >= 11 is 3.40. The summed E-state index contributed by atoms with van der Waals surface area (Å²) in [5, 5.41) is 4.87. The van der Waals surface area contributed by atoms with Crippen LogP contribution < -0.4 is 19.8 Å². The lowest BCUT2D eigenvalue weighted by molar-refractivity contribution is 0.174. The lowest BCUT2D eigenvalue weighted by Gasteiger charge is -2.08. The number of aryl methyl sites for hydroxylation is 1. The molecular formula is C24H18BrN3O4. The zero-order chi connectivity index (χ0) is 22.1. The van der Waals surface area contributed by atoms with E-state index in [9.17, 15) is 4.79 Å². The second-order valence-electron chi connectivity index (χ2n) is 7.23. The maximum absolute atomic E-state index is 12.9. The Morgan fingerprint density at radius 3 is 2.91 bits per heavy atom. The SMILES string of the molecule is Cc1nc2ccc(Br)cc2c(=O)n1N=Cc1cccc(OCc2ccc3c(c2)OCO3)c1. The fourth-order valence-electron chi connectivity index (χ4n) is 3.40. The zero-order valence-corrected chi connectivity index (χ0v) is 18.7. The van der Waals surface area contributed by atoms with Gasteiger partial charge in [0.2, 0.25) is 6.79 Å². The van der Waals surface area contributed by atoms with E-state index in [0.29, 0.717) is 29.1 Å². The number of rotatable bonds is 5. The van der Waals surface area contributed by atoms with Gasteiger partial charge in [-0.25, -0.2) is 4.98 Å². The van der Waals surface area contributed by atoms with E-state index in [-0.39, 0.29) is 12.4 Å². The van der Waals surface area contributed by atoms with E-state index in [0.717, 1.165) is 27.1 Å². The van der Waals surface area contributed by atoms with Crippen LogP contribution in [-0.4, -0.2) is 22.7 Å². The van der Waals surface area contributed by atoms with E-state index >= 15 is 0 Å².